The number of thioether (sulfide) groups is 1. The first-order valence-corrected chi connectivity index (χ1v) is 9.70. The zero-order valence-electron chi connectivity index (χ0n) is 15.8. The van der Waals surface area contributed by atoms with Gasteiger partial charge in [0.05, 0.1) is 5.75 Å². The van der Waals surface area contributed by atoms with Crippen molar-refractivity contribution in [2.24, 2.45) is 0 Å². The summed E-state index contributed by atoms with van der Waals surface area (Å²) in [5, 5.41) is 11.4. The largest absolute Gasteiger partial charge is 1.00 e. The summed E-state index contributed by atoms with van der Waals surface area (Å²) >= 11 is 1.22. The van der Waals surface area contributed by atoms with Crippen molar-refractivity contribution >= 4 is 23.4 Å². The topological polar surface area (TPSA) is 95.7 Å². The van der Waals surface area contributed by atoms with Gasteiger partial charge in [0.2, 0.25) is 5.91 Å². The molecule has 0 saturated heterocycles. The van der Waals surface area contributed by atoms with Crippen molar-refractivity contribution in [3.05, 3.63) is 71.1 Å². The fourth-order valence-electron chi connectivity index (χ4n) is 2.63. The van der Waals surface area contributed by atoms with E-state index in [0.717, 1.165) is 28.8 Å². The van der Waals surface area contributed by atoms with Crippen molar-refractivity contribution in [2.45, 2.75) is 31.5 Å². The number of amides is 1. The lowest BCUT2D eigenvalue weighted by molar-refractivity contribution is -0.431. The van der Waals surface area contributed by atoms with Gasteiger partial charge in [0.15, 0.2) is 6.04 Å². The molecule has 1 amide bonds. The van der Waals surface area contributed by atoms with E-state index in [9.17, 15) is 4.79 Å². The Bertz CT molecular complexity index is 918. The van der Waals surface area contributed by atoms with Gasteiger partial charge in [-0.3, -0.25) is 4.79 Å². The number of hydrogen-bond donors (Lipinski definition) is 2. The third-order valence-electron chi connectivity index (χ3n) is 4.30. The van der Waals surface area contributed by atoms with Gasteiger partial charge < -0.3 is 27.9 Å². The maximum absolute atomic E-state index is 12.2. The second kappa shape index (κ2) is 10.3. The molecule has 3 aromatic rings. The van der Waals surface area contributed by atoms with Crippen molar-refractivity contribution in [3.63, 3.8) is 0 Å². The summed E-state index contributed by atoms with van der Waals surface area (Å²) in [5.41, 5.74) is 8.30. The van der Waals surface area contributed by atoms with Gasteiger partial charge >= 0.3 is 0 Å². The second-order valence-corrected chi connectivity index (χ2v) is 7.30. The zero-order chi connectivity index (χ0) is 19.2. The van der Waals surface area contributed by atoms with Crippen LogP contribution < -0.4 is 23.5 Å². The molecular formula is C20H23ClN4O2S. The third kappa shape index (κ3) is 5.82. The molecule has 1 heterocycles. The van der Waals surface area contributed by atoms with Crippen LogP contribution in [0.15, 0.2) is 58.2 Å². The van der Waals surface area contributed by atoms with E-state index in [-0.39, 0.29) is 30.1 Å². The minimum absolute atomic E-state index is 0. The molecule has 0 saturated carbocycles. The molecule has 1 aromatic heterocycles. The maximum atomic E-state index is 12.2. The van der Waals surface area contributed by atoms with Gasteiger partial charge in [-0.25, -0.2) is 0 Å². The van der Waals surface area contributed by atoms with Gasteiger partial charge in [0.25, 0.3) is 11.1 Å². The molecule has 0 bridgehead atoms. The van der Waals surface area contributed by atoms with Gasteiger partial charge in [0.1, 0.15) is 0 Å². The van der Waals surface area contributed by atoms with Crippen molar-refractivity contribution < 1.29 is 27.4 Å². The Hall–Kier alpha value is -2.35. The first-order chi connectivity index (χ1) is 13.0. The fourth-order valence-corrected chi connectivity index (χ4v) is 3.20. The Morgan fingerprint density at radius 2 is 1.89 bits per heavy atom. The lowest BCUT2D eigenvalue weighted by atomic mass is 10.1. The summed E-state index contributed by atoms with van der Waals surface area (Å²) in [6.07, 6.45) is 0.722. The van der Waals surface area contributed by atoms with Crippen LogP contribution in [0.3, 0.4) is 0 Å². The van der Waals surface area contributed by atoms with E-state index < -0.39 is 0 Å². The van der Waals surface area contributed by atoms with Crippen LogP contribution in [0.25, 0.3) is 0 Å². The number of halogens is 1. The van der Waals surface area contributed by atoms with E-state index in [1.165, 1.54) is 11.8 Å². The standard InChI is InChI=1S/C20H22N4O2S.ClH/c1-13-7-6-10-17(14(13)2)22-18(25)12-27-20-24-23-19(26-20)16(21)11-15-8-4-3-5-9-15;/h3-10,16H,11-12,21H2,1-2H3,(H,22,25);1H/t16-;/m0./s1. The smallest absolute Gasteiger partial charge is 0.277 e. The molecular weight excluding hydrogens is 396 g/mol. The number of hydrogen-bond acceptors (Lipinski definition) is 5. The van der Waals surface area contributed by atoms with E-state index in [1.807, 2.05) is 62.4 Å². The number of quaternary nitrogens is 1. The van der Waals surface area contributed by atoms with Crippen molar-refractivity contribution in [3.8, 4) is 0 Å². The molecule has 0 spiro atoms. The second-order valence-electron chi connectivity index (χ2n) is 6.38. The number of carbonyl (C=O) groups is 1. The number of nitrogens with zero attached hydrogens (tertiary/aromatic N) is 2. The average Bonchev–Trinajstić information content (AvgIpc) is 3.14. The predicted molar refractivity (Wildman–Crippen MR) is 105 cm³/mol. The zero-order valence-corrected chi connectivity index (χ0v) is 17.4. The summed E-state index contributed by atoms with van der Waals surface area (Å²) < 4.78 is 5.66. The van der Waals surface area contributed by atoms with Crippen molar-refractivity contribution in [2.75, 3.05) is 11.1 Å². The van der Waals surface area contributed by atoms with Gasteiger partial charge in [-0.15, -0.1) is 10.2 Å². The Morgan fingerprint density at radius 3 is 2.64 bits per heavy atom. The van der Waals surface area contributed by atoms with E-state index >= 15 is 0 Å². The van der Waals surface area contributed by atoms with Crippen LogP contribution in [-0.2, 0) is 11.2 Å². The SMILES string of the molecule is Cc1cccc(NC(=O)CSc2nnc([C@@H]([NH3+])Cc3ccccc3)o2)c1C.[Cl-]. The summed E-state index contributed by atoms with van der Waals surface area (Å²) in [6, 6.07) is 15.8. The first-order valence-electron chi connectivity index (χ1n) is 8.72. The molecule has 0 aliphatic carbocycles. The van der Waals surface area contributed by atoms with Crippen LogP contribution in [0.2, 0.25) is 0 Å². The minimum Gasteiger partial charge on any atom is -1.00 e. The Kier molecular flexibility index (Phi) is 8.04. The molecule has 28 heavy (non-hydrogen) atoms. The molecule has 148 valence electrons. The predicted octanol–water partition coefficient (Wildman–Crippen LogP) is -0.0531. The van der Waals surface area contributed by atoms with Gasteiger partial charge in [-0.1, -0.05) is 54.2 Å². The molecule has 2 aromatic carbocycles. The molecule has 0 unspecified atom stereocenters. The molecule has 4 N–H and O–H groups in total. The van der Waals surface area contributed by atoms with Crippen LogP contribution in [0, 0.1) is 13.8 Å². The lowest BCUT2D eigenvalue weighted by Gasteiger charge is -2.09. The van der Waals surface area contributed by atoms with E-state index in [2.05, 4.69) is 21.2 Å². The Balaban J connectivity index is 0.00000280. The Morgan fingerprint density at radius 1 is 1.14 bits per heavy atom. The lowest BCUT2D eigenvalue weighted by Crippen LogP contribution is -3.00. The van der Waals surface area contributed by atoms with Crippen LogP contribution in [0.4, 0.5) is 5.69 Å². The highest BCUT2D eigenvalue weighted by atomic mass is 35.5. The quantitative estimate of drug-likeness (QED) is 0.524. The number of nitrogens with one attached hydrogen (secondary N) is 1. The molecule has 8 heteroatoms. The van der Waals surface area contributed by atoms with Crippen molar-refractivity contribution in [1.82, 2.24) is 10.2 Å². The number of anilines is 1. The number of rotatable bonds is 7. The molecule has 3 rings (SSSR count). The monoisotopic (exact) mass is 418 g/mol. The van der Waals surface area contributed by atoms with Crippen LogP contribution >= 0.6 is 11.8 Å². The molecule has 6 nitrogen and oxygen atoms in total. The average molecular weight is 419 g/mol. The van der Waals surface area contributed by atoms with E-state index in [1.54, 1.807) is 0 Å². The van der Waals surface area contributed by atoms with Gasteiger partial charge in [0, 0.05) is 12.1 Å². The fraction of sp³-hybridized carbons (Fsp3) is 0.250. The van der Waals surface area contributed by atoms with Gasteiger partial charge in [-0.2, -0.15) is 0 Å². The van der Waals surface area contributed by atoms with Crippen molar-refractivity contribution in [1.29, 1.82) is 0 Å². The van der Waals surface area contributed by atoms with E-state index in [0.29, 0.717) is 11.1 Å². The highest BCUT2D eigenvalue weighted by Crippen LogP contribution is 2.22. The van der Waals surface area contributed by atoms with Gasteiger partial charge in [-0.05, 0) is 36.6 Å². The maximum Gasteiger partial charge on any atom is 0.277 e. The van der Waals surface area contributed by atoms with Crippen LogP contribution in [0.1, 0.15) is 28.6 Å². The summed E-state index contributed by atoms with van der Waals surface area (Å²) in [6.45, 7) is 4.01. The number of aromatic nitrogens is 2. The minimum atomic E-state index is -0.127. The molecule has 0 aliphatic heterocycles. The molecule has 1 atom stereocenters. The first kappa shape index (κ1) is 21.9. The summed E-state index contributed by atoms with van der Waals surface area (Å²) in [4.78, 5) is 12.2. The number of carbonyl (C=O) groups excluding carboxylic acids is 1. The van der Waals surface area contributed by atoms with Crippen LogP contribution in [-0.4, -0.2) is 21.9 Å². The third-order valence-corrected chi connectivity index (χ3v) is 5.12. The molecule has 0 fully saturated rings. The number of aryl methyl sites for hydroxylation is 1. The normalized spacial score (nSPS) is 11.5. The summed E-state index contributed by atoms with van der Waals surface area (Å²) in [7, 11) is 0. The number of benzene rings is 2. The highest BCUT2D eigenvalue weighted by Gasteiger charge is 2.19. The highest BCUT2D eigenvalue weighted by molar-refractivity contribution is 7.99. The summed E-state index contributed by atoms with van der Waals surface area (Å²) in [5.74, 6) is 0.579. The molecule has 0 radical (unpaired) electrons. The Labute approximate surface area is 174 Å². The van der Waals surface area contributed by atoms with Crippen LogP contribution in [0.5, 0.6) is 0 Å². The van der Waals surface area contributed by atoms with E-state index in [4.69, 9.17) is 4.42 Å². The molecule has 0 aliphatic rings.